The average Bonchev–Trinajstić information content (AvgIpc) is 2.75. The van der Waals surface area contributed by atoms with Crippen LogP contribution in [0.15, 0.2) is 59.6 Å². The maximum Gasteiger partial charge on any atom is 0.191 e. The fourth-order valence-corrected chi connectivity index (χ4v) is 3.75. The zero-order valence-electron chi connectivity index (χ0n) is 17.0. The van der Waals surface area contributed by atoms with Gasteiger partial charge < -0.3 is 15.4 Å². The van der Waals surface area contributed by atoms with Gasteiger partial charge in [0, 0.05) is 38.8 Å². The molecule has 1 fully saturated rings. The molecule has 1 saturated heterocycles. The number of halogens is 2. The molecule has 1 aliphatic rings. The number of benzene rings is 2. The first-order valence-corrected chi connectivity index (χ1v) is 10.0. The number of ether oxygens (including phenoxy) is 1. The Labute approximate surface area is 190 Å². The summed E-state index contributed by atoms with van der Waals surface area (Å²) in [5.74, 6) is 0.607. The van der Waals surface area contributed by atoms with Gasteiger partial charge in [0.25, 0.3) is 0 Å². The predicted octanol–water partition coefficient (Wildman–Crippen LogP) is 4.29. The fourth-order valence-electron chi connectivity index (χ4n) is 3.75. The van der Waals surface area contributed by atoms with Gasteiger partial charge in [0.05, 0.1) is 0 Å². The molecule has 2 aromatic carbocycles. The molecule has 1 heterocycles. The summed E-state index contributed by atoms with van der Waals surface area (Å²) in [6.07, 6.45) is 3.91. The summed E-state index contributed by atoms with van der Waals surface area (Å²) < 4.78 is 19.0. The Balaban J connectivity index is 0.00000300. The molecule has 0 spiro atoms. The highest BCUT2D eigenvalue weighted by molar-refractivity contribution is 14.0. The SMILES string of the molecule is CN=C(NCCCc1ccccc1)NCC1(c2ccc(F)cc2)CCOCC1.I. The molecular weight excluding hydrogens is 480 g/mol. The molecule has 29 heavy (non-hydrogen) atoms. The predicted molar refractivity (Wildman–Crippen MR) is 128 cm³/mol. The van der Waals surface area contributed by atoms with Gasteiger partial charge in [-0.1, -0.05) is 42.5 Å². The molecule has 4 nitrogen and oxygen atoms in total. The maximum atomic E-state index is 13.4. The smallest absolute Gasteiger partial charge is 0.191 e. The van der Waals surface area contributed by atoms with E-state index in [0.717, 1.165) is 63.5 Å². The van der Waals surface area contributed by atoms with Crippen LogP contribution < -0.4 is 10.6 Å². The van der Waals surface area contributed by atoms with Crippen molar-refractivity contribution >= 4 is 29.9 Å². The lowest BCUT2D eigenvalue weighted by molar-refractivity contribution is 0.0513. The monoisotopic (exact) mass is 511 g/mol. The Kier molecular flexibility index (Phi) is 9.87. The average molecular weight is 511 g/mol. The van der Waals surface area contributed by atoms with E-state index in [2.05, 4.69) is 39.9 Å². The summed E-state index contributed by atoms with van der Waals surface area (Å²) in [6.45, 7) is 3.06. The first kappa shape index (κ1) is 23.6. The minimum atomic E-state index is -0.199. The molecule has 6 heteroatoms. The van der Waals surface area contributed by atoms with E-state index in [-0.39, 0.29) is 35.2 Å². The van der Waals surface area contributed by atoms with Crippen LogP contribution in [0.3, 0.4) is 0 Å². The third kappa shape index (κ3) is 6.96. The van der Waals surface area contributed by atoms with Gasteiger partial charge >= 0.3 is 0 Å². The second-order valence-corrected chi connectivity index (χ2v) is 7.34. The van der Waals surface area contributed by atoms with E-state index in [1.165, 1.54) is 5.56 Å². The zero-order chi connectivity index (χ0) is 19.7. The van der Waals surface area contributed by atoms with Gasteiger partial charge in [-0.25, -0.2) is 4.39 Å². The summed E-state index contributed by atoms with van der Waals surface area (Å²) in [4.78, 5) is 4.36. The van der Waals surface area contributed by atoms with Crippen molar-refractivity contribution in [3.63, 3.8) is 0 Å². The first-order chi connectivity index (χ1) is 13.7. The molecule has 0 saturated carbocycles. The molecule has 0 bridgehead atoms. The van der Waals surface area contributed by atoms with Gasteiger partial charge in [-0.05, 0) is 48.9 Å². The number of aryl methyl sites for hydroxylation is 1. The zero-order valence-corrected chi connectivity index (χ0v) is 19.3. The molecule has 0 amide bonds. The van der Waals surface area contributed by atoms with E-state index in [4.69, 9.17) is 4.74 Å². The van der Waals surface area contributed by atoms with Crippen molar-refractivity contribution < 1.29 is 9.13 Å². The first-order valence-electron chi connectivity index (χ1n) is 10.0. The van der Waals surface area contributed by atoms with Crippen molar-refractivity contribution in [1.82, 2.24) is 10.6 Å². The maximum absolute atomic E-state index is 13.4. The Bertz CT molecular complexity index is 746. The molecule has 158 valence electrons. The molecule has 0 unspecified atom stereocenters. The van der Waals surface area contributed by atoms with Gasteiger partial charge in [-0.3, -0.25) is 4.99 Å². The molecule has 2 aromatic rings. The molecule has 0 atom stereocenters. The second kappa shape index (κ2) is 12.1. The number of rotatable bonds is 7. The van der Waals surface area contributed by atoms with Crippen LogP contribution in [0, 0.1) is 5.82 Å². The van der Waals surface area contributed by atoms with Crippen LogP contribution in [-0.4, -0.2) is 39.3 Å². The number of hydrogen-bond donors (Lipinski definition) is 2. The molecule has 0 aliphatic carbocycles. The topological polar surface area (TPSA) is 45.7 Å². The van der Waals surface area contributed by atoms with Crippen molar-refractivity contribution in [3.8, 4) is 0 Å². The van der Waals surface area contributed by atoms with E-state index < -0.39 is 0 Å². The van der Waals surface area contributed by atoms with Crippen LogP contribution in [-0.2, 0) is 16.6 Å². The van der Waals surface area contributed by atoms with Gasteiger partial charge in [0.1, 0.15) is 5.82 Å². The third-order valence-corrected chi connectivity index (χ3v) is 5.50. The van der Waals surface area contributed by atoms with E-state index in [1.807, 2.05) is 18.2 Å². The fraction of sp³-hybridized carbons (Fsp3) is 0.435. The highest BCUT2D eigenvalue weighted by atomic mass is 127. The van der Waals surface area contributed by atoms with E-state index in [0.29, 0.717) is 0 Å². The Morgan fingerprint density at radius 1 is 1.03 bits per heavy atom. The standard InChI is InChI=1S/C23H30FN3O.HI/c1-25-22(26-15-5-8-19-6-3-2-4-7-19)27-18-23(13-16-28-17-14-23)20-9-11-21(24)12-10-20;/h2-4,6-7,9-12H,5,8,13-18H2,1H3,(H2,25,26,27);1H. The van der Waals surface area contributed by atoms with Crippen molar-refractivity contribution in [2.24, 2.45) is 4.99 Å². The number of aliphatic imine (C=N–C) groups is 1. The summed E-state index contributed by atoms with van der Waals surface area (Å²) >= 11 is 0. The van der Waals surface area contributed by atoms with Crippen LogP contribution in [0.1, 0.15) is 30.4 Å². The van der Waals surface area contributed by atoms with Crippen molar-refractivity contribution in [1.29, 1.82) is 0 Å². The van der Waals surface area contributed by atoms with Crippen LogP contribution >= 0.6 is 24.0 Å². The summed E-state index contributed by atoms with van der Waals surface area (Å²) in [6, 6.07) is 17.4. The second-order valence-electron chi connectivity index (χ2n) is 7.34. The Morgan fingerprint density at radius 3 is 2.38 bits per heavy atom. The number of nitrogens with one attached hydrogen (secondary N) is 2. The van der Waals surface area contributed by atoms with E-state index in [1.54, 1.807) is 19.2 Å². The van der Waals surface area contributed by atoms with Gasteiger partial charge in [-0.15, -0.1) is 24.0 Å². The van der Waals surface area contributed by atoms with Crippen LogP contribution in [0.25, 0.3) is 0 Å². The summed E-state index contributed by atoms with van der Waals surface area (Å²) in [5, 5.41) is 6.89. The highest BCUT2D eigenvalue weighted by Gasteiger charge is 2.34. The molecule has 1 aliphatic heterocycles. The van der Waals surface area contributed by atoms with E-state index >= 15 is 0 Å². The minimum absolute atomic E-state index is 0. The lowest BCUT2D eigenvalue weighted by Crippen LogP contribution is -2.48. The van der Waals surface area contributed by atoms with Crippen LogP contribution in [0.4, 0.5) is 4.39 Å². The highest BCUT2D eigenvalue weighted by Crippen LogP contribution is 2.34. The summed E-state index contributed by atoms with van der Waals surface area (Å²) in [5.41, 5.74) is 2.45. The molecule has 0 radical (unpaired) electrons. The number of hydrogen-bond acceptors (Lipinski definition) is 2. The lowest BCUT2D eigenvalue weighted by Gasteiger charge is -2.38. The molecule has 2 N–H and O–H groups in total. The number of guanidine groups is 1. The number of nitrogens with zero attached hydrogens (tertiary/aromatic N) is 1. The Hall–Kier alpha value is -1.67. The molecule has 3 rings (SSSR count). The van der Waals surface area contributed by atoms with Crippen molar-refractivity contribution in [2.45, 2.75) is 31.1 Å². The quantitative estimate of drug-likeness (QED) is 0.253. The van der Waals surface area contributed by atoms with Gasteiger partial charge in [0.15, 0.2) is 5.96 Å². The van der Waals surface area contributed by atoms with Crippen molar-refractivity contribution in [2.75, 3.05) is 33.4 Å². The summed E-state index contributed by atoms with van der Waals surface area (Å²) in [7, 11) is 1.79. The lowest BCUT2D eigenvalue weighted by atomic mass is 9.74. The van der Waals surface area contributed by atoms with Crippen LogP contribution in [0.5, 0.6) is 0 Å². The third-order valence-electron chi connectivity index (χ3n) is 5.50. The molecular formula is C23H31FIN3O. The van der Waals surface area contributed by atoms with E-state index in [9.17, 15) is 4.39 Å². The molecule has 0 aromatic heterocycles. The van der Waals surface area contributed by atoms with Gasteiger partial charge in [0.2, 0.25) is 0 Å². The van der Waals surface area contributed by atoms with Crippen LogP contribution in [0.2, 0.25) is 0 Å². The van der Waals surface area contributed by atoms with Crippen molar-refractivity contribution in [3.05, 3.63) is 71.5 Å². The van der Waals surface area contributed by atoms with Gasteiger partial charge in [-0.2, -0.15) is 0 Å². The Morgan fingerprint density at radius 2 is 1.72 bits per heavy atom. The normalized spacial score (nSPS) is 16.0. The largest absolute Gasteiger partial charge is 0.381 e. The minimum Gasteiger partial charge on any atom is -0.381 e.